The third-order valence-corrected chi connectivity index (χ3v) is 7.09. The third-order valence-electron chi connectivity index (χ3n) is 6.08. The number of aromatic nitrogens is 2. The van der Waals surface area contributed by atoms with Crippen LogP contribution in [0, 0.1) is 11.3 Å². The van der Waals surface area contributed by atoms with Gasteiger partial charge in [-0.05, 0) is 56.0 Å². The summed E-state index contributed by atoms with van der Waals surface area (Å²) in [4.78, 5) is 14.1. The molecular formula is C25H25N5O3S. The summed E-state index contributed by atoms with van der Waals surface area (Å²) in [6.45, 7) is 4.62. The highest BCUT2D eigenvalue weighted by Crippen LogP contribution is 2.40. The molecule has 2 heterocycles. The molecule has 1 aromatic heterocycles. The number of hydrogen-bond acceptors (Lipinski definition) is 7. The van der Waals surface area contributed by atoms with Crippen LogP contribution >= 0.6 is 11.3 Å². The molecule has 0 unspecified atom stereocenters. The SMILES string of the molecule is CC(C)Oc1ccc(-c2nnc(-c3cccc4c3CC[C@H]4NC(=O)N3CC(O)C3)s2)cc1C#N. The molecule has 3 aromatic rings. The summed E-state index contributed by atoms with van der Waals surface area (Å²) in [6.07, 6.45) is 1.23. The van der Waals surface area contributed by atoms with E-state index in [0.717, 1.165) is 39.5 Å². The van der Waals surface area contributed by atoms with E-state index in [2.05, 4.69) is 27.6 Å². The summed E-state index contributed by atoms with van der Waals surface area (Å²) in [5.41, 5.74) is 4.60. The van der Waals surface area contributed by atoms with Crippen molar-refractivity contribution in [3.8, 4) is 33.0 Å². The number of fused-ring (bicyclic) bond motifs is 1. The quantitative estimate of drug-likeness (QED) is 0.579. The third kappa shape index (κ3) is 4.22. The molecule has 2 aromatic carbocycles. The number of hydrogen-bond donors (Lipinski definition) is 2. The Morgan fingerprint density at radius 3 is 2.79 bits per heavy atom. The largest absolute Gasteiger partial charge is 0.490 e. The van der Waals surface area contributed by atoms with Gasteiger partial charge >= 0.3 is 6.03 Å². The lowest BCUT2D eigenvalue weighted by atomic mass is 10.0. The molecule has 1 fully saturated rings. The van der Waals surface area contributed by atoms with Crippen molar-refractivity contribution >= 4 is 17.4 Å². The first-order valence-corrected chi connectivity index (χ1v) is 12.1. The van der Waals surface area contributed by atoms with Gasteiger partial charge in [0.05, 0.1) is 36.9 Å². The first kappa shape index (κ1) is 22.3. The molecule has 2 amide bonds. The van der Waals surface area contributed by atoms with E-state index in [9.17, 15) is 15.2 Å². The van der Waals surface area contributed by atoms with Gasteiger partial charge in [0.15, 0.2) is 0 Å². The molecule has 9 heteroatoms. The molecule has 2 N–H and O–H groups in total. The molecule has 2 aliphatic rings. The first-order valence-electron chi connectivity index (χ1n) is 11.3. The van der Waals surface area contributed by atoms with Crippen LogP contribution in [0.4, 0.5) is 4.79 Å². The van der Waals surface area contributed by atoms with Gasteiger partial charge in [0.1, 0.15) is 21.8 Å². The number of carbonyl (C=O) groups is 1. The lowest BCUT2D eigenvalue weighted by Gasteiger charge is -2.36. The number of ether oxygens (including phenoxy) is 1. The van der Waals surface area contributed by atoms with E-state index in [-0.39, 0.29) is 18.2 Å². The van der Waals surface area contributed by atoms with E-state index in [1.54, 1.807) is 17.0 Å². The van der Waals surface area contributed by atoms with Crippen LogP contribution in [0.25, 0.3) is 21.1 Å². The summed E-state index contributed by atoms with van der Waals surface area (Å²) in [6, 6.07) is 13.6. The number of benzene rings is 2. The van der Waals surface area contributed by atoms with Crippen molar-refractivity contribution in [1.29, 1.82) is 5.26 Å². The van der Waals surface area contributed by atoms with Gasteiger partial charge in [-0.25, -0.2) is 4.79 Å². The molecular weight excluding hydrogens is 450 g/mol. The van der Waals surface area contributed by atoms with Crippen LogP contribution in [0.15, 0.2) is 36.4 Å². The molecule has 1 aliphatic heterocycles. The minimum atomic E-state index is -0.414. The molecule has 5 rings (SSSR count). The van der Waals surface area contributed by atoms with Crippen molar-refractivity contribution < 1.29 is 14.6 Å². The monoisotopic (exact) mass is 475 g/mol. The van der Waals surface area contributed by atoms with Crippen LogP contribution in [0.2, 0.25) is 0 Å². The molecule has 34 heavy (non-hydrogen) atoms. The maximum atomic E-state index is 12.4. The summed E-state index contributed by atoms with van der Waals surface area (Å²) >= 11 is 1.48. The van der Waals surface area contributed by atoms with Gasteiger partial charge in [-0.3, -0.25) is 0 Å². The average Bonchev–Trinajstić information content (AvgIpc) is 3.44. The van der Waals surface area contributed by atoms with Crippen LogP contribution in [-0.2, 0) is 6.42 Å². The second kappa shape index (κ2) is 9.05. The van der Waals surface area contributed by atoms with Gasteiger partial charge in [0, 0.05) is 11.1 Å². The molecule has 1 aliphatic carbocycles. The highest BCUT2D eigenvalue weighted by Gasteiger charge is 2.33. The number of carbonyl (C=O) groups excluding carboxylic acids is 1. The highest BCUT2D eigenvalue weighted by atomic mass is 32.1. The number of urea groups is 1. The summed E-state index contributed by atoms with van der Waals surface area (Å²) < 4.78 is 5.72. The number of nitrogens with zero attached hydrogens (tertiary/aromatic N) is 4. The Hall–Kier alpha value is -3.48. The topological polar surface area (TPSA) is 111 Å². The summed E-state index contributed by atoms with van der Waals surface area (Å²) in [5.74, 6) is 0.563. The second-order valence-electron chi connectivity index (χ2n) is 8.87. The van der Waals surface area contributed by atoms with Crippen molar-refractivity contribution in [2.75, 3.05) is 13.1 Å². The standard InChI is InChI=1S/C25H25N5O3S/c1-14(2)33-22-9-6-15(10-16(22)11-26)23-28-29-24(34-23)20-5-3-4-19-18(20)7-8-21(19)27-25(32)30-12-17(31)13-30/h3-6,9-10,14,17,21,31H,7-8,12-13H2,1-2H3,(H,27,32)/t21-/m1/s1. The number of rotatable bonds is 5. The molecule has 0 bridgehead atoms. The fourth-order valence-electron chi connectivity index (χ4n) is 4.42. The van der Waals surface area contributed by atoms with Gasteiger partial charge in [0.25, 0.3) is 0 Å². The van der Waals surface area contributed by atoms with Gasteiger partial charge in [-0.15, -0.1) is 10.2 Å². The number of aliphatic hydroxyl groups excluding tert-OH is 1. The van der Waals surface area contributed by atoms with Gasteiger partial charge in [0.2, 0.25) is 0 Å². The zero-order valence-corrected chi connectivity index (χ0v) is 19.8. The fraction of sp³-hybridized carbons (Fsp3) is 0.360. The smallest absolute Gasteiger partial charge is 0.318 e. The normalized spacial score (nSPS) is 17.3. The van der Waals surface area contributed by atoms with E-state index in [0.29, 0.717) is 24.4 Å². The fourth-order valence-corrected chi connectivity index (χ4v) is 5.31. The van der Waals surface area contributed by atoms with Crippen molar-refractivity contribution in [3.05, 3.63) is 53.1 Å². The van der Waals surface area contributed by atoms with Crippen LogP contribution in [-0.4, -0.2) is 51.5 Å². The predicted octanol–water partition coefficient (Wildman–Crippen LogP) is 3.90. The van der Waals surface area contributed by atoms with E-state index in [4.69, 9.17) is 4.74 Å². The van der Waals surface area contributed by atoms with Crippen LogP contribution in [0.3, 0.4) is 0 Å². The molecule has 1 saturated heterocycles. The Bertz CT molecular complexity index is 1280. The molecule has 174 valence electrons. The van der Waals surface area contributed by atoms with Crippen molar-refractivity contribution in [2.24, 2.45) is 0 Å². The van der Waals surface area contributed by atoms with E-state index in [1.165, 1.54) is 16.9 Å². The first-order chi connectivity index (χ1) is 16.4. The maximum Gasteiger partial charge on any atom is 0.318 e. The van der Waals surface area contributed by atoms with Crippen molar-refractivity contribution in [3.63, 3.8) is 0 Å². The number of nitriles is 1. The predicted molar refractivity (Wildman–Crippen MR) is 128 cm³/mol. The Morgan fingerprint density at radius 1 is 1.26 bits per heavy atom. The second-order valence-corrected chi connectivity index (χ2v) is 9.85. The summed E-state index contributed by atoms with van der Waals surface area (Å²) in [5, 5.41) is 32.5. The van der Waals surface area contributed by atoms with E-state index < -0.39 is 6.10 Å². The summed E-state index contributed by atoms with van der Waals surface area (Å²) in [7, 11) is 0. The van der Waals surface area contributed by atoms with Crippen LogP contribution in [0.1, 0.15) is 43.0 Å². The molecule has 0 radical (unpaired) electrons. The zero-order chi connectivity index (χ0) is 23.8. The Balaban J connectivity index is 1.38. The van der Waals surface area contributed by atoms with Crippen molar-refractivity contribution in [2.45, 2.75) is 44.9 Å². The molecule has 8 nitrogen and oxygen atoms in total. The maximum absolute atomic E-state index is 12.4. The number of aliphatic hydroxyl groups is 1. The van der Waals surface area contributed by atoms with Crippen LogP contribution < -0.4 is 10.1 Å². The average molecular weight is 476 g/mol. The zero-order valence-electron chi connectivity index (χ0n) is 19.0. The van der Waals surface area contributed by atoms with Gasteiger partial charge in [-0.2, -0.15) is 5.26 Å². The molecule has 0 saturated carbocycles. The Kier molecular flexibility index (Phi) is 5.94. The van der Waals surface area contributed by atoms with E-state index >= 15 is 0 Å². The Morgan fingerprint density at radius 2 is 2.06 bits per heavy atom. The van der Waals surface area contributed by atoms with Crippen LogP contribution in [0.5, 0.6) is 5.75 Å². The molecule has 1 atom stereocenters. The number of nitrogens with one attached hydrogen (secondary N) is 1. The van der Waals surface area contributed by atoms with Crippen molar-refractivity contribution in [1.82, 2.24) is 20.4 Å². The Labute approximate surface area is 201 Å². The lowest BCUT2D eigenvalue weighted by molar-refractivity contribution is 0.0257. The molecule has 0 spiro atoms. The highest BCUT2D eigenvalue weighted by molar-refractivity contribution is 7.17. The van der Waals surface area contributed by atoms with Gasteiger partial charge in [-0.1, -0.05) is 29.5 Å². The lowest BCUT2D eigenvalue weighted by Crippen LogP contribution is -2.57. The number of amides is 2. The van der Waals surface area contributed by atoms with Gasteiger partial charge < -0.3 is 20.1 Å². The minimum Gasteiger partial charge on any atom is -0.490 e. The minimum absolute atomic E-state index is 0.0163. The van der Waals surface area contributed by atoms with E-state index in [1.807, 2.05) is 32.0 Å². The number of β-amino-alcohol motifs (C(OH)–C–C–N with tert-alkyl or cyclic N) is 1. The number of likely N-dealkylation sites (tertiary alicyclic amines) is 1.